The fourth-order valence-electron chi connectivity index (χ4n) is 1.47. The number of aromatic nitrogens is 2. The zero-order valence-corrected chi connectivity index (χ0v) is 9.14. The van der Waals surface area contributed by atoms with Crippen LogP contribution in [-0.4, -0.2) is 35.6 Å². The van der Waals surface area contributed by atoms with Crippen LogP contribution in [0.25, 0.3) is 0 Å². The number of hydrogen-bond donors (Lipinski definition) is 1. The van der Waals surface area contributed by atoms with Gasteiger partial charge in [-0.1, -0.05) is 4.49 Å². The Bertz CT molecular complexity index is 373. The molecule has 0 atom stereocenters. The Balaban J connectivity index is 1.91. The average molecular weight is 233 g/mol. The summed E-state index contributed by atoms with van der Waals surface area (Å²) in [4.78, 5) is 0. The standard InChI is InChI=1S/C7H11N3O2S2/c11-14(12)3-1-6(2-4-14)9-7-5-8-10-13-7/h5-6,9H,1-4H2. The average Bonchev–Trinajstić information content (AvgIpc) is 2.61. The van der Waals surface area contributed by atoms with Crippen molar-refractivity contribution in [2.75, 3.05) is 16.8 Å². The summed E-state index contributed by atoms with van der Waals surface area (Å²) in [6.07, 6.45) is 3.02. The predicted octanol–water partition coefficient (Wildman–Crippen LogP) is 0.527. The molecular weight excluding hydrogens is 222 g/mol. The third-order valence-electron chi connectivity index (χ3n) is 2.26. The third kappa shape index (κ3) is 2.42. The summed E-state index contributed by atoms with van der Waals surface area (Å²) >= 11 is 1.29. The molecule has 1 fully saturated rings. The maximum atomic E-state index is 11.1. The summed E-state index contributed by atoms with van der Waals surface area (Å²) in [5.41, 5.74) is 0. The van der Waals surface area contributed by atoms with Gasteiger partial charge >= 0.3 is 0 Å². The first-order valence-corrected chi connectivity index (χ1v) is 6.99. The topological polar surface area (TPSA) is 72.0 Å². The van der Waals surface area contributed by atoms with Crippen molar-refractivity contribution in [3.63, 3.8) is 0 Å². The lowest BCUT2D eigenvalue weighted by molar-refractivity contribution is 0.560. The second kappa shape index (κ2) is 3.82. The molecule has 0 spiro atoms. The van der Waals surface area contributed by atoms with Gasteiger partial charge in [0.2, 0.25) is 0 Å². The van der Waals surface area contributed by atoms with Crippen LogP contribution >= 0.6 is 11.5 Å². The quantitative estimate of drug-likeness (QED) is 0.806. The highest BCUT2D eigenvalue weighted by molar-refractivity contribution is 7.91. The van der Waals surface area contributed by atoms with Crippen LogP contribution in [0.4, 0.5) is 5.00 Å². The maximum absolute atomic E-state index is 11.1. The number of nitrogens with zero attached hydrogens (tertiary/aromatic N) is 2. The molecule has 2 rings (SSSR count). The van der Waals surface area contributed by atoms with Crippen molar-refractivity contribution in [3.8, 4) is 0 Å². The zero-order valence-electron chi connectivity index (χ0n) is 7.51. The lowest BCUT2D eigenvalue weighted by atomic mass is 10.2. The SMILES string of the molecule is O=S1(=O)CCC(Nc2cnns2)CC1. The van der Waals surface area contributed by atoms with Crippen molar-refractivity contribution >= 4 is 26.4 Å². The highest BCUT2D eigenvalue weighted by Crippen LogP contribution is 2.18. The fourth-order valence-corrected chi connectivity index (χ4v) is 3.45. The van der Waals surface area contributed by atoms with E-state index in [-0.39, 0.29) is 17.5 Å². The summed E-state index contributed by atoms with van der Waals surface area (Å²) in [5, 5.41) is 7.84. The van der Waals surface area contributed by atoms with E-state index in [2.05, 4.69) is 14.9 Å². The molecule has 1 aromatic rings. The van der Waals surface area contributed by atoms with Crippen LogP contribution in [0.3, 0.4) is 0 Å². The molecule has 5 nitrogen and oxygen atoms in total. The molecule has 0 aliphatic carbocycles. The molecule has 1 aliphatic heterocycles. The minimum absolute atomic E-state index is 0.251. The Morgan fingerprint density at radius 1 is 1.43 bits per heavy atom. The van der Waals surface area contributed by atoms with Crippen molar-refractivity contribution in [1.29, 1.82) is 0 Å². The lowest BCUT2D eigenvalue weighted by Crippen LogP contribution is -2.31. The van der Waals surface area contributed by atoms with Crippen LogP contribution in [-0.2, 0) is 9.84 Å². The molecule has 1 aromatic heterocycles. The molecule has 0 unspecified atom stereocenters. The van der Waals surface area contributed by atoms with Crippen molar-refractivity contribution < 1.29 is 8.42 Å². The Morgan fingerprint density at radius 2 is 2.14 bits per heavy atom. The number of rotatable bonds is 2. The zero-order chi connectivity index (χ0) is 10.0. The molecule has 78 valence electrons. The van der Waals surface area contributed by atoms with Gasteiger partial charge < -0.3 is 5.32 Å². The first kappa shape index (κ1) is 9.85. The number of anilines is 1. The molecule has 1 N–H and O–H groups in total. The maximum Gasteiger partial charge on any atom is 0.150 e. The summed E-state index contributed by atoms with van der Waals surface area (Å²) in [7, 11) is -2.76. The highest BCUT2D eigenvalue weighted by atomic mass is 32.2. The normalized spacial score (nSPS) is 22.0. The molecular formula is C7H11N3O2S2. The van der Waals surface area contributed by atoms with E-state index < -0.39 is 9.84 Å². The molecule has 0 saturated carbocycles. The Hall–Kier alpha value is -0.690. The van der Waals surface area contributed by atoms with E-state index in [0.717, 1.165) is 5.00 Å². The Labute approximate surface area is 86.6 Å². The van der Waals surface area contributed by atoms with Gasteiger partial charge in [-0.2, -0.15) is 0 Å². The monoisotopic (exact) mass is 233 g/mol. The second-order valence-electron chi connectivity index (χ2n) is 3.35. The van der Waals surface area contributed by atoms with Gasteiger partial charge in [0.1, 0.15) is 14.8 Å². The molecule has 7 heteroatoms. The van der Waals surface area contributed by atoms with Gasteiger partial charge in [0, 0.05) is 17.6 Å². The highest BCUT2D eigenvalue weighted by Gasteiger charge is 2.23. The van der Waals surface area contributed by atoms with E-state index in [4.69, 9.17) is 0 Å². The molecule has 0 radical (unpaired) electrons. The number of sulfone groups is 1. The van der Waals surface area contributed by atoms with Gasteiger partial charge in [-0.15, -0.1) is 5.10 Å². The van der Waals surface area contributed by atoms with Crippen LogP contribution in [0, 0.1) is 0 Å². The van der Waals surface area contributed by atoms with Crippen LogP contribution in [0.5, 0.6) is 0 Å². The molecule has 0 amide bonds. The molecule has 14 heavy (non-hydrogen) atoms. The van der Waals surface area contributed by atoms with Crippen molar-refractivity contribution in [2.24, 2.45) is 0 Å². The summed E-state index contributed by atoms with van der Waals surface area (Å²) in [6.45, 7) is 0. The van der Waals surface area contributed by atoms with E-state index in [0.29, 0.717) is 12.8 Å². The van der Waals surface area contributed by atoms with Gasteiger partial charge in [-0.05, 0) is 12.8 Å². The smallest absolute Gasteiger partial charge is 0.150 e. The first-order chi connectivity index (χ1) is 6.66. The van der Waals surface area contributed by atoms with Gasteiger partial charge in [0.15, 0.2) is 0 Å². The van der Waals surface area contributed by atoms with Crippen LogP contribution in [0.1, 0.15) is 12.8 Å². The van der Waals surface area contributed by atoms with E-state index in [1.165, 1.54) is 11.5 Å². The molecule has 1 aliphatic rings. The minimum Gasteiger partial charge on any atom is -0.372 e. The first-order valence-electron chi connectivity index (χ1n) is 4.40. The van der Waals surface area contributed by atoms with Crippen LogP contribution in [0.2, 0.25) is 0 Å². The van der Waals surface area contributed by atoms with E-state index in [1.807, 2.05) is 0 Å². The van der Waals surface area contributed by atoms with Crippen molar-refractivity contribution in [1.82, 2.24) is 9.59 Å². The van der Waals surface area contributed by atoms with Gasteiger partial charge in [0.05, 0.1) is 17.7 Å². The summed E-state index contributed by atoms with van der Waals surface area (Å²) < 4.78 is 26.0. The van der Waals surface area contributed by atoms with Gasteiger partial charge in [-0.3, -0.25) is 0 Å². The van der Waals surface area contributed by atoms with Crippen LogP contribution in [0.15, 0.2) is 6.20 Å². The lowest BCUT2D eigenvalue weighted by Gasteiger charge is -2.22. The van der Waals surface area contributed by atoms with Gasteiger partial charge in [-0.25, -0.2) is 8.42 Å². The number of nitrogens with one attached hydrogen (secondary N) is 1. The van der Waals surface area contributed by atoms with Crippen LogP contribution < -0.4 is 5.32 Å². The summed E-state index contributed by atoms with van der Waals surface area (Å²) in [5.74, 6) is 0.577. The predicted molar refractivity (Wildman–Crippen MR) is 55.2 cm³/mol. The molecule has 0 aromatic carbocycles. The molecule has 0 bridgehead atoms. The van der Waals surface area contributed by atoms with Crippen molar-refractivity contribution in [3.05, 3.63) is 6.20 Å². The summed E-state index contributed by atoms with van der Waals surface area (Å²) in [6, 6.07) is 0.251. The van der Waals surface area contributed by atoms with Crippen molar-refractivity contribution in [2.45, 2.75) is 18.9 Å². The van der Waals surface area contributed by atoms with E-state index in [9.17, 15) is 8.42 Å². The largest absolute Gasteiger partial charge is 0.372 e. The molecule has 2 heterocycles. The second-order valence-corrected chi connectivity index (χ2v) is 6.44. The van der Waals surface area contributed by atoms with E-state index >= 15 is 0 Å². The third-order valence-corrected chi connectivity index (χ3v) is 4.57. The number of hydrogen-bond acceptors (Lipinski definition) is 6. The Kier molecular flexibility index (Phi) is 2.69. The Morgan fingerprint density at radius 3 is 2.71 bits per heavy atom. The van der Waals surface area contributed by atoms with Gasteiger partial charge in [0.25, 0.3) is 0 Å². The minimum atomic E-state index is -2.76. The van der Waals surface area contributed by atoms with E-state index in [1.54, 1.807) is 6.20 Å². The molecule has 1 saturated heterocycles. The fraction of sp³-hybridized carbons (Fsp3) is 0.714.